The molecule has 0 bridgehead atoms. The van der Waals surface area contributed by atoms with Crippen molar-refractivity contribution in [2.24, 2.45) is 0 Å². The van der Waals surface area contributed by atoms with Crippen LogP contribution in [0, 0.1) is 0 Å². The maximum Gasteiger partial charge on any atom is 1.00 e. The van der Waals surface area contributed by atoms with Crippen LogP contribution in [-0.2, 0) is 19.2 Å². The minimum absolute atomic E-state index is 0. The zero-order valence-corrected chi connectivity index (χ0v) is 25.6. The molecular weight excluding hydrogens is 391 g/mol. The van der Waals surface area contributed by atoms with Gasteiger partial charge in [0.2, 0.25) is 0 Å². The Hall–Kier alpha value is 2.80. The molecule has 0 rings (SSSR count). The van der Waals surface area contributed by atoms with Gasteiger partial charge in [0, 0.05) is 13.1 Å². The molecule has 0 aromatic carbocycles. The Kier molecular flexibility index (Phi) is 41.7. The molecule has 0 fully saturated rings. The summed E-state index contributed by atoms with van der Waals surface area (Å²) in [6.45, 7) is -2.25. The van der Waals surface area contributed by atoms with Crippen LogP contribution in [-0.4, -0.2) is 93.4 Å². The SMILES string of the molecule is O=C(O)CN(CCN(CC(=O)O)CC(=O)O)CC(=O)O.[H-].[H-].[H-].[H-].[H-].[Na+].[Na+].[Na+].[Na+].[Na+]. The van der Waals surface area contributed by atoms with E-state index in [1.807, 2.05) is 0 Å². The van der Waals surface area contributed by atoms with Gasteiger partial charge < -0.3 is 27.6 Å². The van der Waals surface area contributed by atoms with Gasteiger partial charge in [0.25, 0.3) is 0 Å². The first-order valence-electron chi connectivity index (χ1n) is 5.52. The van der Waals surface area contributed by atoms with Gasteiger partial charge in [-0.1, -0.05) is 0 Å². The molecule has 0 unspecified atom stereocenters. The molecule has 0 aliphatic heterocycles. The fraction of sp³-hybridized carbons (Fsp3) is 0.600. The minimum atomic E-state index is -1.23. The van der Waals surface area contributed by atoms with Gasteiger partial charge in [-0.15, -0.1) is 0 Å². The second-order valence-electron chi connectivity index (χ2n) is 4.00. The van der Waals surface area contributed by atoms with Crippen LogP contribution in [0.3, 0.4) is 0 Å². The number of aliphatic carboxylic acids is 4. The van der Waals surface area contributed by atoms with Gasteiger partial charge >= 0.3 is 172 Å². The standard InChI is InChI=1S/C10H16N2O8.5Na.5H/c13-7(14)3-11(4-8(15)16)1-2-12(5-9(17)18)6-10(19)20;;;;;;;;;;/h1-6H2,(H,13,14)(H,15,16)(H,17,18)(H,19,20);;;;;;;;;;/q;5*+1;5*-1. The number of carbonyl (C=O) groups is 4. The van der Waals surface area contributed by atoms with Crippen LogP contribution in [0.25, 0.3) is 0 Å². The number of carboxylic acids is 4. The topological polar surface area (TPSA) is 156 Å². The van der Waals surface area contributed by atoms with Crippen molar-refractivity contribution in [3.8, 4) is 0 Å². The van der Waals surface area contributed by atoms with Gasteiger partial charge in [-0.25, -0.2) is 0 Å². The molecule has 0 aliphatic rings. The van der Waals surface area contributed by atoms with E-state index < -0.39 is 50.1 Å². The van der Waals surface area contributed by atoms with Gasteiger partial charge in [-0.3, -0.25) is 29.0 Å². The van der Waals surface area contributed by atoms with Gasteiger partial charge in [0.05, 0.1) is 26.2 Å². The Morgan fingerprint density at radius 3 is 0.800 bits per heavy atom. The summed E-state index contributed by atoms with van der Waals surface area (Å²) in [5, 5.41) is 34.5. The Morgan fingerprint density at radius 1 is 0.520 bits per heavy atom. The van der Waals surface area contributed by atoms with Crippen molar-refractivity contribution < 1.29 is 195 Å². The Bertz CT molecular complexity index is 353. The summed E-state index contributed by atoms with van der Waals surface area (Å²) >= 11 is 0. The molecule has 4 N–H and O–H groups in total. The molecule has 0 radical (unpaired) electrons. The summed E-state index contributed by atoms with van der Waals surface area (Å²) in [4.78, 5) is 44.4. The Labute approximate surface area is 263 Å². The Morgan fingerprint density at radius 2 is 0.680 bits per heavy atom. The van der Waals surface area contributed by atoms with Gasteiger partial charge in [-0.2, -0.15) is 0 Å². The van der Waals surface area contributed by atoms with Crippen molar-refractivity contribution in [1.82, 2.24) is 9.80 Å². The summed E-state index contributed by atoms with van der Waals surface area (Å²) in [7, 11) is 0. The third kappa shape index (κ3) is 29.1. The van der Waals surface area contributed by atoms with Crippen molar-refractivity contribution in [3.05, 3.63) is 0 Å². The van der Waals surface area contributed by atoms with Crippen molar-refractivity contribution in [1.29, 1.82) is 0 Å². The predicted molar refractivity (Wildman–Crippen MR) is 69.0 cm³/mol. The van der Waals surface area contributed by atoms with E-state index in [-0.39, 0.29) is 168 Å². The van der Waals surface area contributed by atoms with Crippen LogP contribution in [0.15, 0.2) is 0 Å². The number of carboxylic acid groups (broad SMARTS) is 4. The summed E-state index contributed by atoms with van der Waals surface area (Å²) < 4.78 is 0. The van der Waals surface area contributed by atoms with Crippen molar-refractivity contribution in [3.63, 3.8) is 0 Å². The number of hydrogen-bond donors (Lipinski definition) is 4. The number of rotatable bonds is 11. The van der Waals surface area contributed by atoms with Crippen LogP contribution < -0.4 is 148 Å². The molecule has 25 heavy (non-hydrogen) atoms. The van der Waals surface area contributed by atoms with E-state index in [9.17, 15) is 19.2 Å². The molecule has 15 heteroatoms. The van der Waals surface area contributed by atoms with E-state index >= 15 is 0 Å². The molecule has 0 saturated heterocycles. The maximum atomic E-state index is 10.6. The first-order chi connectivity index (χ1) is 9.20. The zero-order valence-electron chi connectivity index (χ0n) is 20.6. The molecule has 0 aromatic heterocycles. The average molecular weight is 412 g/mol. The monoisotopic (exact) mass is 412 g/mol. The van der Waals surface area contributed by atoms with Crippen LogP contribution in [0.5, 0.6) is 0 Å². The molecule has 0 heterocycles. The van der Waals surface area contributed by atoms with Crippen molar-refractivity contribution in [2.45, 2.75) is 0 Å². The van der Waals surface area contributed by atoms with Crippen LogP contribution >= 0.6 is 0 Å². The molecule has 0 atom stereocenters. The quantitative estimate of drug-likeness (QED) is 0.240. The van der Waals surface area contributed by atoms with E-state index in [1.165, 1.54) is 0 Å². The smallest absolute Gasteiger partial charge is 1.00 e. The molecule has 0 aromatic rings. The number of hydrogen-bond acceptors (Lipinski definition) is 6. The van der Waals surface area contributed by atoms with E-state index in [0.29, 0.717) is 0 Å². The predicted octanol–water partition coefficient (Wildman–Crippen LogP) is -16.5. The zero-order chi connectivity index (χ0) is 15.7. The fourth-order valence-electron chi connectivity index (χ4n) is 1.48. The van der Waals surface area contributed by atoms with Crippen LogP contribution in [0.1, 0.15) is 7.13 Å². The normalized spacial score (nSPS) is 8.56. The fourth-order valence-corrected chi connectivity index (χ4v) is 1.48. The molecule has 10 nitrogen and oxygen atoms in total. The minimum Gasteiger partial charge on any atom is -1.00 e. The Balaban J connectivity index is -0.0000000401. The third-order valence-corrected chi connectivity index (χ3v) is 2.17. The molecule has 0 aliphatic carbocycles. The summed E-state index contributed by atoms with van der Waals surface area (Å²) in [5.41, 5.74) is 0. The molecule has 0 amide bonds. The largest absolute Gasteiger partial charge is 1.00 e. The second-order valence-corrected chi connectivity index (χ2v) is 4.00. The third-order valence-electron chi connectivity index (χ3n) is 2.17. The molecule has 0 saturated carbocycles. The van der Waals surface area contributed by atoms with Crippen molar-refractivity contribution >= 4 is 23.9 Å². The molecular formula is C10H21N2Na5O8. The van der Waals surface area contributed by atoms with Gasteiger partial charge in [0.15, 0.2) is 0 Å². The first kappa shape index (κ1) is 42.0. The van der Waals surface area contributed by atoms with E-state index in [2.05, 4.69) is 0 Å². The van der Waals surface area contributed by atoms with Gasteiger partial charge in [0.1, 0.15) is 0 Å². The first-order valence-corrected chi connectivity index (χ1v) is 5.52. The summed E-state index contributed by atoms with van der Waals surface area (Å²) in [5.74, 6) is -4.91. The van der Waals surface area contributed by atoms with E-state index in [1.54, 1.807) is 0 Å². The summed E-state index contributed by atoms with van der Waals surface area (Å²) in [6, 6.07) is 0. The maximum absolute atomic E-state index is 10.6. The second kappa shape index (κ2) is 24.8. The van der Waals surface area contributed by atoms with E-state index in [4.69, 9.17) is 20.4 Å². The van der Waals surface area contributed by atoms with Crippen LogP contribution in [0.2, 0.25) is 0 Å². The summed E-state index contributed by atoms with van der Waals surface area (Å²) in [6.07, 6.45) is 0. The molecule has 0 spiro atoms. The van der Waals surface area contributed by atoms with Crippen molar-refractivity contribution in [2.75, 3.05) is 39.3 Å². The molecule has 124 valence electrons. The van der Waals surface area contributed by atoms with Gasteiger partial charge in [-0.05, 0) is 0 Å². The number of nitrogens with zero attached hydrogens (tertiary/aromatic N) is 2. The van der Waals surface area contributed by atoms with E-state index in [0.717, 1.165) is 9.80 Å². The average Bonchev–Trinajstić information content (AvgIpc) is 2.22. The van der Waals surface area contributed by atoms with Crippen LogP contribution in [0.4, 0.5) is 0 Å².